The van der Waals surface area contributed by atoms with Gasteiger partial charge in [0.1, 0.15) is 24.4 Å². The van der Waals surface area contributed by atoms with Crippen molar-refractivity contribution in [3.8, 4) is 0 Å². The number of unbranched alkanes of at least 4 members (excludes halogenated alkanes) is 27. The molecule has 7 unspecified atom stereocenters. The SMILES string of the molecule is C/C=C/CC/C=C/CC/C=C/C(O)C(COC1OC(CO)C(O)C(O)C1O)NC(=O)CCCCCCCCCCCC/C=C\C=C/CCCCCOC(=O)CCCCCCCCCCC/C=C\C/C=C\CCCCC. The van der Waals surface area contributed by atoms with Crippen LogP contribution in [0.2, 0.25) is 0 Å². The Kier molecular flexibility index (Phi) is 49.2. The van der Waals surface area contributed by atoms with Crippen molar-refractivity contribution in [3.63, 3.8) is 0 Å². The Bertz CT molecular complexity index is 1520. The van der Waals surface area contributed by atoms with E-state index < -0.39 is 49.5 Å². The van der Waals surface area contributed by atoms with E-state index >= 15 is 0 Å². The number of amides is 1. The first-order valence-corrected chi connectivity index (χ1v) is 30.3. The highest BCUT2D eigenvalue weighted by Gasteiger charge is 2.44. The molecule has 0 radical (unpaired) electrons. The van der Waals surface area contributed by atoms with Crippen LogP contribution in [0.4, 0.5) is 0 Å². The third-order valence-corrected chi connectivity index (χ3v) is 13.8. The summed E-state index contributed by atoms with van der Waals surface area (Å²) in [5.74, 6) is -0.246. The fourth-order valence-corrected chi connectivity index (χ4v) is 8.96. The standard InChI is InChI=1S/C64H111NO10/c1-3-5-7-9-11-13-14-15-16-17-19-23-26-29-32-36-40-44-48-52-60(69)73-53-49-45-41-37-33-30-27-24-21-18-20-22-25-28-31-35-39-43-47-51-59(68)65-56(57(67)50-46-42-38-34-12-10-8-6-4-2)55-74-64-63(72)62(71)61(70)58(54-66)75-64/h4,6,11-13,15-16,24,27,30,33-34,46,50,56-58,61-64,66-67,70-72H,3,5,7-10,14,17-23,25-26,28-29,31-32,35-45,47-49,51-55H2,1-2H3,(H,65,68)/b6-4+,13-11-,16-15-,27-24-,33-30-,34-12+,50-46+. The van der Waals surface area contributed by atoms with Crippen molar-refractivity contribution in [1.29, 1.82) is 0 Å². The Labute approximate surface area is 457 Å². The summed E-state index contributed by atoms with van der Waals surface area (Å²) in [6.07, 6.45) is 61.4. The summed E-state index contributed by atoms with van der Waals surface area (Å²) in [5.41, 5.74) is 0. The molecule has 1 aliphatic rings. The third kappa shape index (κ3) is 42.5. The highest BCUT2D eigenvalue weighted by Crippen LogP contribution is 2.23. The zero-order valence-corrected chi connectivity index (χ0v) is 47.5. The maximum Gasteiger partial charge on any atom is 0.305 e. The molecule has 432 valence electrons. The van der Waals surface area contributed by atoms with Gasteiger partial charge in [-0.1, -0.05) is 201 Å². The number of hydrogen-bond acceptors (Lipinski definition) is 10. The number of hydrogen-bond donors (Lipinski definition) is 6. The summed E-state index contributed by atoms with van der Waals surface area (Å²) in [7, 11) is 0. The Morgan fingerprint density at radius 2 is 1.00 bits per heavy atom. The van der Waals surface area contributed by atoms with E-state index in [1.54, 1.807) is 6.08 Å². The minimum atomic E-state index is -1.59. The van der Waals surface area contributed by atoms with E-state index in [-0.39, 0.29) is 18.5 Å². The second kappa shape index (κ2) is 52.9. The van der Waals surface area contributed by atoms with Crippen molar-refractivity contribution in [1.82, 2.24) is 5.32 Å². The molecule has 0 aromatic rings. The first-order chi connectivity index (χ1) is 36.7. The Balaban J connectivity index is 2.03. The largest absolute Gasteiger partial charge is 0.466 e. The van der Waals surface area contributed by atoms with Crippen molar-refractivity contribution in [2.45, 2.75) is 288 Å². The lowest BCUT2D eigenvalue weighted by atomic mass is 9.99. The molecule has 75 heavy (non-hydrogen) atoms. The van der Waals surface area contributed by atoms with Gasteiger partial charge in [-0.3, -0.25) is 9.59 Å². The molecular formula is C64H111NO10. The van der Waals surface area contributed by atoms with Crippen LogP contribution in [0, 0.1) is 0 Å². The zero-order valence-electron chi connectivity index (χ0n) is 47.5. The Morgan fingerprint density at radius 1 is 0.533 bits per heavy atom. The molecular weight excluding hydrogens is 943 g/mol. The van der Waals surface area contributed by atoms with Crippen molar-refractivity contribution in [2.75, 3.05) is 19.8 Å². The van der Waals surface area contributed by atoms with Gasteiger partial charge in [-0.25, -0.2) is 0 Å². The lowest BCUT2D eigenvalue weighted by Crippen LogP contribution is -2.60. The molecule has 0 bridgehead atoms. The Morgan fingerprint density at radius 3 is 1.55 bits per heavy atom. The van der Waals surface area contributed by atoms with Crippen LogP contribution < -0.4 is 5.32 Å². The quantitative estimate of drug-likeness (QED) is 0.0149. The van der Waals surface area contributed by atoms with Crippen molar-refractivity contribution in [3.05, 3.63) is 85.1 Å². The van der Waals surface area contributed by atoms with Crippen molar-refractivity contribution < 1.29 is 49.3 Å². The van der Waals surface area contributed by atoms with Gasteiger partial charge in [0.2, 0.25) is 5.91 Å². The molecule has 0 aromatic carbocycles. The van der Waals surface area contributed by atoms with Crippen LogP contribution in [0.5, 0.6) is 0 Å². The summed E-state index contributed by atoms with van der Waals surface area (Å²) in [5, 5.41) is 54.1. The molecule has 7 atom stereocenters. The van der Waals surface area contributed by atoms with E-state index in [1.807, 2.05) is 19.1 Å². The van der Waals surface area contributed by atoms with Crippen LogP contribution in [0.25, 0.3) is 0 Å². The highest BCUT2D eigenvalue weighted by atomic mass is 16.7. The third-order valence-electron chi connectivity index (χ3n) is 13.8. The van der Waals surface area contributed by atoms with E-state index in [0.29, 0.717) is 25.9 Å². The molecule has 0 spiro atoms. The second-order valence-corrected chi connectivity index (χ2v) is 20.7. The van der Waals surface area contributed by atoms with Gasteiger partial charge < -0.3 is 45.1 Å². The molecule has 0 aliphatic carbocycles. The number of allylic oxidation sites excluding steroid dienone is 13. The second-order valence-electron chi connectivity index (χ2n) is 20.7. The first-order valence-electron chi connectivity index (χ1n) is 30.3. The van der Waals surface area contributed by atoms with E-state index in [9.17, 15) is 35.1 Å². The predicted molar refractivity (Wildman–Crippen MR) is 310 cm³/mol. The van der Waals surface area contributed by atoms with Gasteiger partial charge in [-0.2, -0.15) is 0 Å². The molecule has 1 heterocycles. The van der Waals surface area contributed by atoms with Crippen LogP contribution in [0.15, 0.2) is 85.1 Å². The monoisotopic (exact) mass is 1050 g/mol. The van der Waals surface area contributed by atoms with Gasteiger partial charge in [0.15, 0.2) is 6.29 Å². The van der Waals surface area contributed by atoms with Crippen molar-refractivity contribution >= 4 is 11.9 Å². The summed E-state index contributed by atoms with van der Waals surface area (Å²) >= 11 is 0. The molecule has 1 aliphatic heterocycles. The van der Waals surface area contributed by atoms with E-state index in [2.05, 4.69) is 79.1 Å². The summed E-state index contributed by atoms with van der Waals surface area (Å²) in [6, 6.07) is -0.843. The van der Waals surface area contributed by atoms with Crippen LogP contribution in [-0.2, 0) is 23.8 Å². The van der Waals surface area contributed by atoms with Gasteiger partial charge in [-0.05, 0) is 116 Å². The maximum absolute atomic E-state index is 13.0. The van der Waals surface area contributed by atoms with Gasteiger partial charge in [0.25, 0.3) is 0 Å². The highest BCUT2D eigenvalue weighted by molar-refractivity contribution is 5.76. The number of aliphatic hydroxyl groups is 5. The molecule has 11 heteroatoms. The summed E-state index contributed by atoms with van der Waals surface area (Å²) in [4.78, 5) is 25.1. The van der Waals surface area contributed by atoms with Gasteiger partial charge in [0.05, 0.1) is 32.0 Å². The molecule has 1 rings (SSSR count). The molecule has 11 nitrogen and oxygen atoms in total. The topological polar surface area (TPSA) is 175 Å². The predicted octanol–water partition coefficient (Wildman–Crippen LogP) is 14.2. The Hall–Kier alpha value is -3.16. The number of rotatable bonds is 51. The van der Waals surface area contributed by atoms with Crippen LogP contribution in [0.1, 0.15) is 245 Å². The van der Waals surface area contributed by atoms with E-state index in [4.69, 9.17) is 14.2 Å². The molecule has 1 fully saturated rings. The summed E-state index contributed by atoms with van der Waals surface area (Å²) in [6.45, 7) is 4.00. The minimum absolute atomic E-state index is 0.0344. The number of aliphatic hydroxyl groups excluding tert-OH is 5. The summed E-state index contributed by atoms with van der Waals surface area (Å²) < 4.78 is 16.6. The van der Waals surface area contributed by atoms with Gasteiger partial charge >= 0.3 is 5.97 Å². The molecule has 6 N–H and O–H groups in total. The lowest BCUT2D eigenvalue weighted by molar-refractivity contribution is -0.302. The van der Waals surface area contributed by atoms with Crippen LogP contribution in [-0.4, -0.2) is 100 Å². The smallest absolute Gasteiger partial charge is 0.305 e. The lowest BCUT2D eigenvalue weighted by Gasteiger charge is -2.40. The number of carbonyl (C=O) groups excluding carboxylic acids is 2. The number of esters is 1. The zero-order chi connectivity index (χ0) is 54.5. The molecule has 1 saturated heterocycles. The van der Waals surface area contributed by atoms with E-state index in [0.717, 1.165) is 96.3 Å². The first kappa shape index (κ1) is 69.9. The fraction of sp³-hybridized carbons (Fsp3) is 0.750. The molecule has 0 aromatic heterocycles. The van der Waals surface area contributed by atoms with Crippen molar-refractivity contribution in [2.24, 2.45) is 0 Å². The van der Waals surface area contributed by atoms with Crippen LogP contribution >= 0.6 is 0 Å². The van der Waals surface area contributed by atoms with E-state index in [1.165, 1.54) is 116 Å². The van der Waals surface area contributed by atoms with Gasteiger partial charge in [0, 0.05) is 12.8 Å². The average Bonchev–Trinajstić information content (AvgIpc) is 3.41. The number of carbonyl (C=O) groups is 2. The number of nitrogens with one attached hydrogen (secondary N) is 1. The van der Waals surface area contributed by atoms with Gasteiger partial charge in [-0.15, -0.1) is 0 Å². The number of ether oxygens (including phenoxy) is 3. The van der Waals surface area contributed by atoms with Crippen LogP contribution in [0.3, 0.4) is 0 Å². The maximum atomic E-state index is 13.0. The fourth-order valence-electron chi connectivity index (χ4n) is 8.96. The normalized spacial score (nSPS) is 19.4. The molecule has 0 saturated carbocycles. The molecule has 1 amide bonds. The minimum Gasteiger partial charge on any atom is -0.466 e. The average molecular weight is 1050 g/mol.